The summed E-state index contributed by atoms with van der Waals surface area (Å²) in [6.07, 6.45) is 6.92. The highest BCUT2D eigenvalue weighted by Gasteiger charge is 2.56. The van der Waals surface area contributed by atoms with Crippen LogP contribution in [0.3, 0.4) is 0 Å². The number of carbonyl (C=O) groups excluding carboxylic acids is 3. The van der Waals surface area contributed by atoms with Gasteiger partial charge in [0.05, 0.1) is 0 Å². The van der Waals surface area contributed by atoms with Gasteiger partial charge in [-0.05, 0) is 51.6 Å². The van der Waals surface area contributed by atoms with E-state index in [1.807, 2.05) is 0 Å². The standard InChI is InChI=1S/C17H28N4O3/c1-17(13-6-7-13)15(23)21(16(24)19-17)12-14(22)18-8-11-20-9-4-2-3-5-10-20/h13H,2-12H2,1H3,(H,18,22)(H,19,24). The Bertz CT molecular complexity index is 512. The van der Waals surface area contributed by atoms with Gasteiger partial charge in [0.1, 0.15) is 12.1 Å². The molecule has 7 nitrogen and oxygen atoms in total. The monoisotopic (exact) mass is 336 g/mol. The number of amides is 4. The number of imide groups is 1. The van der Waals surface area contributed by atoms with Crippen LogP contribution in [0.15, 0.2) is 0 Å². The molecule has 3 rings (SSSR count). The molecule has 1 unspecified atom stereocenters. The molecule has 2 heterocycles. The highest BCUT2D eigenvalue weighted by Crippen LogP contribution is 2.42. The Balaban J connectivity index is 1.43. The summed E-state index contributed by atoms with van der Waals surface area (Å²) in [5.41, 5.74) is -0.816. The van der Waals surface area contributed by atoms with E-state index < -0.39 is 11.6 Å². The Morgan fingerprint density at radius 3 is 2.50 bits per heavy atom. The highest BCUT2D eigenvalue weighted by atomic mass is 16.2. The lowest BCUT2D eigenvalue weighted by Crippen LogP contribution is -2.47. The molecular weight excluding hydrogens is 308 g/mol. The van der Waals surface area contributed by atoms with Crippen molar-refractivity contribution < 1.29 is 14.4 Å². The molecule has 2 aliphatic heterocycles. The molecule has 134 valence electrons. The van der Waals surface area contributed by atoms with Crippen molar-refractivity contribution in [3.05, 3.63) is 0 Å². The van der Waals surface area contributed by atoms with E-state index in [1.54, 1.807) is 6.92 Å². The zero-order valence-corrected chi connectivity index (χ0v) is 14.5. The van der Waals surface area contributed by atoms with Gasteiger partial charge in [-0.15, -0.1) is 0 Å². The summed E-state index contributed by atoms with van der Waals surface area (Å²) in [5, 5.41) is 5.60. The van der Waals surface area contributed by atoms with E-state index in [0.29, 0.717) is 6.54 Å². The first kappa shape index (κ1) is 17.2. The minimum atomic E-state index is -0.816. The van der Waals surface area contributed by atoms with E-state index in [4.69, 9.17) is 0 Å². The van der Waals surface area contributed by atoms with Crippen molar-refractivity contribution in [2.24, 2.45) is 5.92 Å². The minimum absolute atomic E-state index is 0.188. The molecule has 0 radical (unpaired) electrons. The second-order valence-corrected chi connectivity index (χ2v) is 7.40. The predicted molar refractivity (Wildman–Crippen MR) is 89.3 cm³/mol. The third-order valence-electron chi connectivity index (χ3n) is 5.45. The van der Waals surface area contributed by atoms with Gasteiger partial charge in [-0.1, -0.05) is 12.8 Å². The van der Waals surface area contributed by atoms with E-state index in [2.05, 4.69) is 15.5 Å². The van der Waals surface area contributed by atoms with Crippen molar-refractivity contribution in [2.75, 3.05) is 32.7 Å². The average molecular weight is 336 g/mol. The summed E-state index contributed by atoms with van der Waals surface area (Å²) >= 11 is 0. The quantitative estimate of drug-likeness (QED) is 0.700. The molecule has 3 aliphatic rings. The maximum atomic E-state index is 12.5. The Hall–Kier alpha value is -1.63. The molecule has 3 fully saturated rings. The number of carbonyl (C=O) groups is 3. The lowest BCUT2D eigenvalue weighted by atomic mass is 9.96. The first-order chi connectivity index (χ1) is 11.5. The number of urea groups is 1. The molecule has 7 heteroatoms. The Morgan fingerprint density at radius 2 is 1.88 bits per heavy atom. The zero-order chi connectivity index (χ0) is 17.2. The fourth-order valence-corrected chi connectivity index (χ4v) is 3.71. The molecule has 24 heavy (non-hydrogen) atoms. The van der Waals surface area contributed by atoms with Crippen LogP contribution in [-0.4, -0.2) is 65.9 Å². The predicted octanol–water partition coefficient (Wildman–Crippen LogP) is 0.699. The first-order valence-electron chi connectivity index (χ1n) is 9.14. The van der Waals surface area contributed by atoms with Gasteiger partial charge < -0.3 is 15.5 Å². The molecule has 0 bridgehead atoms. The Kier molecular flexibility index (Phi) is 5.08. The Labute approximate surface area is 143 Å². The molecule has 4 amide bonds. The second kappa shape index (κ2) is 7.09. The third kappa shape index (κ3) is 3.71. The molecule has 1 saturated carbocycles. The van der Waals surface area contributed by atoms with E-state index >= 15 is 0 Å². The zero-order valence-electron chi connectivity index (χ0n) is 14.5. The third-order valence-corrected chi connectivity index (χ3v) is 5.45. The summed E-state index contributed by atoms with van der Waals surface area (Å²) in [4.78, 5) is 40.0. The molecular formula is C17H28N4O3. The summed E-state index contributed by atoms with van der Waals surface area (Å²) in [5.74, 6) is -0.323. The highest BCUT2D eigenvalue weighted by molar-refractivity contribution is 6.09. The van der Waals surface area contributed by atoms with Crippen molar-refractivity contribution in [3.63, 3.8) is 0 Å². The number of rotatable bonds is 6. The van der Waals surface area contributed by atoms with E-state index in [1.165, 1.54) is 25.7 Å². The molecule has 0 aromatic carbocycles. The molecule has 2 saturated heterocycles. The minimum Gasteiger partial charge on any atom is -0.353 e. The smallest absolute Gasteiger partial charge is 0.325 e. The molecule has 0 aromatic rings. The van der Waals surface area contributed by atoms with Gasteiger partial charge >= 0.3 is 6.03 Å². The van der Waals surface area contributed by atoms with Gasteiger partial charge in [0.2, 0.25) is 5.91 Å². The SMILES string of the molecule is CC1(C2CC2)NC(=O)N(CC(=O)NCCN2CCCCCC2)C1=O. The number of nitrogens with zero attached hydrogens (tertiary/aromatic N) is 2. The van der Waals surface area contributed by atoms with Gasteiger partial charge in [-0.2, -0.15) is 0 Å². The molecule has 0 aromatic heterocycles. The summed E-state index contributed by atoms with van der Waals surface area (Å²) in [6, 6.07) is -0.447. The normalized spacial score (nSPS) is 28.6. The van der Waals surface area contributed by atoms with Crippen LogP contribution in [0.2, 0.25) is 0 Å². The Morgan fingerprint density at radius 1 is 1.21 bits per heavy atom. The average Bonchev–Trinajstić information content (AvgIpc) is 3.36. The number of hydrogen-bond donors (Lipinski definition) is 2. The summed E-state index contributed by atoms with van der Waals surface area (Å²) in [6.45, 7) is 5.13. The number of hydrogen-bond acceptors (Lipinski definition) is 4. The van der Waals surface area contributed by atoms with E-state index in [0.717, 1.165) is 37.4 Å². The molecule has 1 aliphatic carbocycles. The summed E-state index contributed by atoms with van der Waals surface area (Å²) < 4.78 is 0. The fraction of sp³-hybridized carbons (Fsp3) is 0.824. The van der Waals surface area contributed by atoms with Crippen molar-refractivity contribution >= 4 is 17.8 Å². The van der Waals surface area contributed by atoms with Gasteiger partial charge in [-0.3, -0.25) is 14.5 Å². The van der Waals surface area contributed by atoms with Gasteiger partial charge in [0.25, 0.3) is 5.91 Å². The van der Waals surface area contributed by atoms with Crippen LogP contribution in [0.1, 0.15) is 45.4 Å². The second-order valence-electron chi connectivity index (χ2n) is 7.40. The van der Waals surface area contributed by atoms with Gasteiger partial charge in [0, 0.05) is 13.1 Å². The molecule has 2 N–H and O–H groups in total. The van der Waals surface area contributed by atoms with E-state index in [9.17, 15) is 14.4 Å². The lowest BCUT2D eigenvalue weighted by Gasteiger charge is -2.21. The lowest BCUT2D eigenvalue weighted by molar-refractivity contribution is -0.135. The summed E-state index contributed by atoms with van der Waals surface area (Å²) in [7, 11) is 0. The maximum absolute atomic E-state index is 12.5. The fourth-order valence-electron chi connectivity index (χ4n) is 3.71. The van der Waals surface area contributed by atoms with Crippen LogP contribution in [0.4, 0.5) is 4.79 Å². The van der Waals surface area contributed by atoms with Crippen molar-refractivity contribution in [3.8, 4) is 0 Å². The van der Waals surface area contributed by atoms with Crippen molar-refractivity contribution in [2.45, 2.75) is 51.0 Å². The topological polar surface area (TPSA) is 81.8 Å². The molecule has 1 atom stereocenters. The van der Waals surface area contributed by atoms with Crippen LogP contribution < -0.4 is 10.6 Å². The van der Waals surface area contributed by atoms with Gasteiger partial charge in [0.15, 0.2) is 0 Å². The van der Waals surface area contributed by atoms with Crippen molar-refractivity contribution in [1.29, 1.82) is 0 Å². The number of nitrogens with one attached hydrogen (secondary N) is 2. The van der Waals surface area contributed by atoms with Crippen LogP contribution in [0, 0.1) is 5.92 Å². The first-order valence-corrected chi connectivity index (χ1v) is 9.14. The van der Waals surface area contributed by atoms with Crippen LogP contribution in [0.5, 0.6) is 0 Å². The largest absolute Gasteiger partial charge is 0.353 e. The van der Waals surface area contributed by atoms with Crippen LogP contribution in [0.25, 0.3) is 0 Å². The van der Waals surface area contributed by atoms with E-state index in [-0.39, 0.29) is 24.3 Å². The number of likely N-dealkylation sites (tertiary alicyclic amines) is 1. The van der Waals surface area contributed by atoms with Crippen LogP contribution in [-0.2, 0) is 9.59 Å². The van der Waals surface area contributed by atoms with Gasteiger partial charge in [-0.25, -0.2) is 4.79 Å². The maximum Gasteiger partial charge on any atom is 0.325 e. The van der Waals surface area contributed by atoms with Crippen molar-refractivity contribution in [1.82, 2.24) is 20.4 Å². The van der Waals surface area contributed by atoms with Crippen LogP contribution >= 0.6 is 0 Å². The molecule has 0 spiro atoms.